The molecule has 98 valence electrons. The van der Waals surface area contributed by atoms with Crippen molar-refractivity contribution in [2.24, 2.45) is 5.92 Å². The molecule has 2 bridgehead atoms. The zero-order chi connectivity index (χ0) is 12.8. The van der Waals surface area contributed by atoms with Crippen LogP contribution in [-0.4, -0.2) is 36.1 Å². The van der Waals surface area contributed by atoms with Crippen LogP contribution in [0.1, 0.15) is 32.6 Å². The van der Waals surface area contributed by atoms with E-state index < -0.39 is 0 Å². The van der Waals surface area contributed by atoms with Gasteiger partial charge in [-0.25, -0.2) is 4.79 Å². The number of hydrogen-bond acceptors (Lipinski definition) is 3. The van der Waals surface area contributed by atoms with E-state index in [1.807, 2.05) is 0 Å². The second-order valence-electron chi connectivity index (χ2n) is 5.92. The fourth-order valence-electron chi connectivity index (χ4n) is 3.56. The summed E-state index contributed by atoms with van der Waals surface area (Å²) in [7, 11) is 2.17. The highest BCUT2D eigenvalue weighted by Crippen LogP contribution is 2.45. The molecule has 0 amide bonds. The van der Waals surface area contributed by atoms with Crippen LogP contribution in [0.3, 0.4) is 0 Å². The maximum Gasteiger partial charge on any atom is 0.332 e. The Morgan fingerprint density at radius 3 is 3.11 bits per heavy atom. The van der Waals surface area contributed by atoms with Crippen LogP contribution < -0.4 is 0 Å². The maximum absolute atomic E-state index is 11.7. The first-order valence-electron chi connectivity index (χ1n) is 6.95. The van der Waals surface area contributed by atoms with Crippen LogP contribution in [-0.2, 0) is 9.53 Å². The monoisotopic (exact) mass is 247 g/mol. The second kappa shape index (κ2) is 4.23. The molecule has 0 unspecified atom stereocenters. The Labute approximate surface area is 108 Å². The summed E-state index contributed by atoms with van der Waals surface area (Å²) < 4.78 is 5.77. The average molecular weight is 247 g/mol. The standard InChI is InChI=1S/C15H21NO2/c1-11-5-3-4-8-16(2)13-7-6-12-9-14(17)18-15(11,12)10-13/h6-7,9,11,13H,3-5,8,10H2,1-2H3/t11-,13-,15-/m1/s1. The molecule has 1 saturated heterocycles. The topological polar surface area (TPSA) is 29.5 Å². The number of carbonyl (C=O) groups is 1. The molecule has 0 aromatic carbocycles. The van der Waals surface area contributed by atoms with Crippen LogP contribution in [0.5, 0.6) is 0 Å². The van der Waals surface area contributed by atoms with E-state index in [4.69, 9.17) is 4.74 Å². The Morgan fingerprint density at radius 2 is 2.28 bits per heavy atom. The molecular weight excluding hydrogens is 226 g/mol. The first-order valence-corrected chi connectivity index (χ1v) is 6.95. The van der Waals surface area contributed by atoms with Crippen LogP contribution in [0.2, 0.25) is 0 Å². The summed E-state index contributed by atoms with van der Waals surface area (Å²) in [6, 6.07) is 0.397. The molecule has 1 spiro atoms. The third kappa shape index (κ3) is 1.72. The molecule has 0 aromatic rings. The summed E-state index contributed by atoms with van der Waals surface area (Å²) in [5.41, 5.74) is 0.737. The number of likely N-dealkylation sites (N-methyl/N-ethyl adjacent to an activating group) is 1. The van der Waals surface area contributed by atoms with E-state index in [0.29, 0.717) is 12.0 Å². The van der Waals surface area contributed by atoms with Gasteiger partial charge in [-0.2, -0.15) is 0 Å². The lowest BCUT2D eigenvalue weighted by Crippen LogP contribution is -2.47. The number of nitrogens with zero attached hydrogens (tertiary/aromatic N) is 1. The predicted molar refractivity (Wildman–Crippen MR) is 70.1 cm³/mol. The molecule has 0 N–H and O–H groups in total. The minimum atomic E-state index is -0.352. The first kappa shape index (κ1) is 12.0. The lowest BCUT2D eigenvalue weighted by Gasteiger charge is -2.41. The van der Waals surface area contributed by atoms with E-state index in [9.17, 15) is 4.79 Å². The van der Waals surface area contributed by atoms with Crippen LogP contribution in [0.15, 0.2) is 23.8 Å². The normalized spacial score (nSPS) is 40.3. The predicted octanol–water partition coefficient (Wildman–Crippen LogP) is 2.29. The molecule has 3 heteroatoms. The van der Waals surface area contributed by atoms with Gasteiger partial charge in [0.05, 0.1) is 0 Å². The maximum atomic E-state index is 11.7. The summed E-state index contributed by atoms with van der Waals surface area (Å²) in [5.74, 6) is 0.248. The Hall–Kier alpha value is -1.09. The van der Waals surface area contributed by atoms with Crippen molar-refractivity contribution in [2.75, 3.05) is 13.6 Å². The largest absolute Gasteiger partial charge is 0.451 e. The number of fused-ring (bicyclic) bond motifs is 1. The molecule has 2 heterocycles. The van der Waals surface area contributed by atoms with E-state index in [-0.39, 0.29) is 11.6 Å². The third-order valence-electron chi connectivity index (χ3n) is 4.82. The molecule has 18 heavy (non-hydrogen) atoms. The van der Waals surface area contributed by atoms with Gasteiger partial charge in [0.25, 0.3) is 0 Å². The molecule has 0 saturated carbocycles. The van der Waals surface area contributed by atoms with E-state index >= 15 is 0 Å². The lowest BCUT2D eigenvalue weighted by molar-refractivity contribution is -0.151. The molecule has 1 fully saturated rings. The fourth-order valence-corrected chi connectivity index (χ4v) is 3.56. The van der Waals surface area contributed by atoms with E-state index in [2.05, 4.69) is 31.0 Å². The smallest absolute Gasteiger partial charge is 0.332 e. The fraction of sp³-hybridized carbons (Fsp3) is 0.667. The quantitative estimate of drug-likeness (QED) is 0.615. The van der Waals surface area contributed by atoms with Crippen molar-refractivity contribution < 1.29 is 9.53 Å². The van der Waals surface area contributed by atoms with Gasteiger partial charge in [-0.05, 0) is 26.4 Å². The average Bonchev–Trinajstić information content (AvgIpc) is 2.70. The highest BCUT2D eigenvalue weighted by atomic mass is 16.6. The van der Waals surface area contributed by atoms with Crippen molar-refractivity contribution in [3.05, 3.63) is 23.8 Å². The van der Waals surface area contributed by atoms with E-state index in [1.165, 1.54) is 12.8 Å². The molecular formula is C15H21NO2. The van der Waals surface area contributed by atoms with Crippen molar-refractivity contribution in [1.29, 1.82) is 0 Å². The summed E-state index contributed by atoms with van der Waals surface area (Å²) in [6.07, 6.45) is 10.5. The van der Waals surface area contributed by atoms with Gasteiger partial charge in [0, 0.05) is 30.0 Å². The number of carbonyl (C=O) groups excluding carboxylic acids is 1. The van der Waals surface area contributed by atoms with Gasteiger partial charge in [0.1, 0.15) is 5.60 Å². The minimum absolute atomic E-state index is 0.163. The van der Waals surface area contributed by atoms with Gasteiger partial charge in [-0.15, -0.1) is 0 Å². The van der Waals surface area contributed by atoms with Gasteiger partial charge in [0.2, 0.25) is 0 Å². The summed E-state index contributed by atoms with van der Waals surface area (Å²) in [5, 5.41) is 0. The van der Waals surface area contributed by atoms with Crippen molar-refractivity contribution in [3.8, 4) is 0 Å². The van der Waals surface area contributed by atoms with E-state index in [1.54, 1.807) is 6.08 Å². The molecule has 0 aromatic heterocycles. The summed E-state index contributed by atoms with van der Waals surface area (Å²) in [6.45, 7) is 3.36. The Kier molecular flexibility index (Phi) is 2.81. The van der Waals surface area contributed by atoms with Crippen molar-refractivity contribution >= 4 is 5.97 Å². The molecule has 3 rings (SSSR count). The van der Waals surface area contributed by atoms with E-state index in [0.717, 1.165) is 25.0 Å². The number of rotatable bonds is 0. The van der Waals surface area contributed by atoms with Gasteiger partial charge >= 0.3 is 5.97 Å². The highest BCUT2D eigenvalue weighted by Gasteiger charge is 2.49. The SMILES string of the molecule is C[C@@H]1CCCCN(C)[C@@H]2C=CC3=CC(=O)O[C@@]31C2. The molecule has 3 nitrogen and oxygen atoms in total. The van der Waals surface area contributed by atoms with Gasteiger partial charge in [-0.1, -0.05) is 25.5 Å². The lowest BCUT2D eigenvalue weighted by atomic mass is 9.73. The van der Waals surface area contributed by atoms with Crippen LogP contribution >= 0.6 is 0 Å². The van der Waals surface area contributed by atoms with Gasteiger partial charge in [-0.3, -0.25) is 4.90 Å². The van der Waals surface area contributed by atoms with Crippen molar-refractivity contribution in [2.45, 2.75) is 44.2 Å². The summed E-state index contributed by atoms with van der Waals surface area (Å²) in [4.78, 5) is 14.1. The van der Waals surface area contributed by atoms with Crippen LogP contribution in [0.25, 0.3) is 0 Å². The molecule has 3 aliphatic rings. The molecule has 0 radical (unpaired) electrons. The first-order chi connectivity index (χ1) is 8.62. The van der Waals surface area contributed by atoms with Crippen LogP contribution in [0.4, 0.5) is 0 Å². The number of hydrogen-bond donors (Lipinski definition) is 0. The van der Waals surface area contributed by atoms with Crippen molar-refractivity contribution in [3.63, 3.8) is 0 Å². The minimum Gasteiger partial charge on any atom is -0.451 e. The third-order valence-corrected chi connectivity index (χ3v) is 4.82. The van der Waals surface area contributed by atoms with Gasteiger partial charge < -0.3 is 4.74 Å². The summed E-state index contributed by atoms with van der Waals surface area (Å²) >= 11 is 0. The number of esters is 1. The molecule has 2 aliphatic heterocycles. The zero-order valence-corrected chi connectivity index (χ0v) is 11.2. The van der Waals surface area contributed by atoms with Gasteiger partial charge in [0.15, 0.2) is 0 Å². The molecule has 1 aliphatic carbocycles. The Morgan fingerprint density at radius 1 is 1.44 bits per heavy atom. The second-order valence-corrected chi connectivity index (χ2v) is 5.92. The highest BCUT2D eigenvalue weighted by molar-refractivity contribution is 5.88. The Balaban J connectivity index is 2.01. The van der Waals surface area contributed by atoms with Crippen LogP contribution in [0, 0.1) is 5.92 Å². The molecule has 3 atom stereocenters. The zero-order valence-electron chi connectivity index (χ0n) is 11.2. The number of ether oxygens (including phenoxy) is 1. The van der Waals surface area contributed by atoms with Crippen molar-refractivity contribution in [1.82, 2.24) is 4.90 Å². The Bertz CT molecular complexity index is 426.